The van der Waals surface area contributed by atoms with Crippen molar-refractivity contribution in [1.82, 2.24) is 15.2 Å². The summed E-state index contributed by atoms with van der Waals surface area (Å²) in [6, 6.07) is 6.02. The van der Waals surface area contributed by atoms with E-state index in [0.717, 1.165) is 22.9 Å². The summed E-state index contributed by atoms with van der Waals surface area (Å²) in [7, 11) is 0. The number of rotatable bonds is 7. The van der Waals surface area contributed by atoms with Gasteiger partial charge in [0.05, 0.1) is 0 Å². The van der Waals surface area contributed by atoms with Crippen molar-refractivity contribution in [2.75, 3.05) is 6.54 Å². The molecule has 2 aromatic rings. The van der Waals surface area contributed by atoms with Gasteiger partial charge < -0.3 is 20.3 Å². The molecule has 7 heteroatoms. The van der Waals surface area contributed by atoms with Gasteiger partial charge in [-0.2, -0.15) is 0 Å². The van der Waals surface area contributed by atoms with Crippen LogP contribution in [0.5, 0.6) is 0 Å². The average molecular weight is 357 g/mol. The predicted molar refractivity (Wildman–Crippen MR) is 96.6 cm³/mol. The van der Waals surface area contributed by atoms with E-state index >= 15 is 0 Å². The van der Waals surface area contributed by atoms with Crippen molar-refractivity contribution >= 4 is 28.7 Å². The lowest BCUT2D eigenvalue weighted by atomic mass is 10.00. The Morgan fingerprint density at radius 1 is 1.35 bits per heavy atom. The summed E-state index contributed by atoms with van der Waals surface area (Å²) >= 11 is 0. The number of piperazine rings is 1. The average Bonchev–Trinajstić information content (AvgIpc) is 3.02. The van der Waals surface area contributed by atoms with Gasteiger partial charge in [-0.25, -0.2) is 4.79 Å². The molecule has 2 amide bonds. The van der Waals surface area contributed by atoms with E-state index in [1.807, 2.05) is 37.4 Å². The highest BCUT2D eigenvalue weighted by molar-refractivity contribution is 5.97. The van der Waals surface area contributed by atoms with Crippen LogP contribution >= 0.6 is 0 Å². The van der Waals surface area contributed by atoms with Crippen LogP contribution in [-0.4, -0.2) is 51.4 Å². The van der Waals surface area contributed by atoms with Crippen LogP contribution in [0.4, 0.5) is 0 Å². The number of H-pyrrole nitrogens is 1. The Morgan fingerprint density at radius 2 is 2.12 bits per heavy atom. The molecule has 0 radical (unpaired) electrons. The van der Waals surface area contributed by atoms with Gasteiger partial charge in [-0.15, -0.1) is 0 Å². The van der Waals surface area contributed by atoms with E-state index in [4.69, 9.17) is 0 Å². The number of nitrogens with one attached hydrogen (secondary N) is 2. The van der Waals surface area contributed by atoms with E-state index in [2.05, 4.69) is 10.3 Å². The third-order valence-electron chi connectivity index (χ3n) is 4.82. The Balaban J connectivity index is 1.82. The van der Waals surface area contributed by atoms with Crippen molar-refractivity contribution < 1.29 is 19.5 Å². The number of unbranched alkanes of at least 4 members (excludes halogenated alkanes) is 1. The van der Waals surface area contributed by atoms with Crippen LogP contribution in [0.15, 0.2) is 30.5 Å². The lowest BCUT2D eigenvalue weighted by molar-refractivity contribution is -0.156. The molecule has 26 heavy (non-hydrogen) atoms. The minimum atomic E-state index is -1.06. The molecule has 0 spiro atoms. The molecule has 138 valence electrons. The maximum atomic E-state index is 12.9. The number of aliphatic carboxylic acids is 1. The summed E-state index contributed by atoms with van der Waals surface area (Å²) in [5.41, 5.74) is 1.88. The lowest BCUT2D eigenvalue weighted by Gasteiger charge is -2.36. The summed E-state index contributed by atoms with van der Waals surface area (Å²) in [5.74, 6) is -1.72. The standard InChI is InChI=1S/C19H23N3O4/c1-2-3-8-16(19(25)26)22-11-17(23)21-15(18(22)24)9-12-10-20-14-7-5-4-6-13(12)14/h4-7,10,15-16,20H,2-3,8-9,11H2,1H3,(H,21,23)(H,25,26). The highest BCUT2D eigenvalue weighted by atomic mass is 16.4. The first-order valence-corrected chi connectivity index (χ1v) is 8.89. The van der Waals surface area contributed by atoms with Gasteiger partial charge in [0.2, 0.25) is 11.8 Å². The molecule has 2 unspecified atom stereocenters. The largest absolute Gasteiger partial charge is 0.480 e. The molecule has 0 saturated carbocycles. The van der Waals surface area contributed by atoms with E-state index in [-0.39, 0.29) is 18.4 Å². The number of aromatic nitrogens is 1. The van der Waals surface area contributed by atoms with Crippen molar-refractivity contribution in [2.24, 2.45) is 0 Å². The summed E-state index contributed by atoms with van der Waals surface area (Å²) in [4.78, 5) is 41.0. The lowest BCUT2D eigenvalue weighted by Crippen LogP contribution is -2.62. The first kappa shape index (κ1) is 18.0. The molecule has 1 saturated heterocycles. The molecule has 1 aromatic heterocycles. The van der Waals surface area contributed by atoms with Crippen LogP contribution in [-0.2, 0) is 20.8 Å². The number of aromatic amines is 1. The van der Waals surface area contributed by atoms with Gasteiger partial charge in [-0.3, -0.25) is 9.59 Å². The van der Waals surface area contributed by atoms with Gasteiger partial charge in [0.15, 0.2) is 0 Å². The van der Waals surface area contributed by atoms with Gasteiger partial charge in [-0.1, -0.05) is 38.0 Å². The zero-order chi connectivity index (χ0) is 18.7. The minimum Gasteiger partial charge on any atom is -0.480 e. The van der Waals surface area contributed by atoms with Crippen molar-refractivity contribution in [3.05, 3.63) is 36.0 Å². The molecule has 3 rings (SSSR count). The Bertz CT molecular complexity index is 829. The molecule has 0 aliphatic carbocycles. The Morgan fingerprint density at radius 3 is 2.85 bits per heavy atom. The van der Waals surface area contributed by atoms with E-state index < -0.39 is 18.1 Å². The number of hydrogen-bond acceptors (Lipinski definition) is 3. The van der Waals surface area contributed by atoms with Crippen LogP contribution < -0.4 is 5.32 Å². The van der Waals surface area contributed by atoms with E-state index in [1.165, 1.54) is 4.90 Å². The van der Waals surface area contributed by atoms with Crippen molar-refractivity contribution in [1.29, 1.82) is 0 Å². The van der Waals surface area contributed by atoms with Crippen LogP contribution in [0.2, 0.25) is 0 Å². The number of carboxylic acids is 1. The molecular formula is C19H23N3O4. The number of benzene rings is 1. The number of hydrogen-bond donors (Lipinski definition) is 3. The quantitative estimate of drug-likeness (QED) is 0.701. The molecule has 1 fully saturated rings. The third kappa shape index (κ3) is 3.56. The van der Waals surface area contributed by atoms with Gasteiger partial charge in [-0.05, 0) is 18.1 Å². The fourth-order valence-corrected chi connectivity index (χ4v) is 3.47. The van der Waals surface area contributed by atoms with Crippen LogP contribution in [0.1, 0.15) is 31.7 Å². The van der Waals surface area contributed by atoms with Crippen molar-refractivity contribution in [3.8, 4) is 0 Å². The Hall–Kier alpha value is -2.83. The number of carbonyl (C=O) groups is 3. The number of carboxylic acid groups (broad SMARTS) is 1. The molecule has 2 atom stereocenters. The SMILES string of the molecule is CCCCC(C(=O)O)N1CC(=O)NC(Cc2c[nH]c3ccccc23)C1=O. The number of fused-ring (bicyclic) bond motifs is 1. The van der Waals surface area contributed by atoms with Gasteiger partial charge in [0, 0.05) is 23.5 Å². The predicted octanol–water partition coefficient (Wildman–Crippen LogP) is 1.68. The van der Waals surface area contributed by atoms with Gasteiger partial charge in [0.1, 0.15) is 18.6 Å². The van der Waals surface area contributed by atoms with Gasteiger partial charge in [0.25, 0.3) is 0 Å². The maximum absolute atomic E-state index is 12.9. The molecule has 2 heterocycles. The van der Waals surface area contributed by atoms with Crippen molar-refractivity contribution in [3.63, 3.8) is 0 Å². The topological polar surface area (TPSA) is 102 Å². The molecule has 1 aliphatic heterocycles. The second-order valence-electron chi connectivity index (χ2n) is 6.65. The summed E-state index contributed by atoms with van der Waals surface area (Å²) < 4.78 is 0. The number of carbonyl (C=O) groups excluding carboxylic acids is 2. The smallest absolute Gasteiger partial charge is 0.326 e. The monoisotopic (exact) mass is 357 g/mol. The van der Waals surface area contributed by atoms with Crippen LogP contribution in [0.3, 0.4) is 0 Å². The fraction of sp³-hybridized carbons (Fsp3) is 0.421. The molecule has 0 bridgehead atoms. The number of para-hydroxylation sites is 1. The summed E-state index contributed by atoms with van der Waals surface area (Å²) in [6.45, 7) is 1.76. The Kier molecular flexibility index (Phi) is 5.25. The summed E-state index contributed by atoms with van der Waals surface area (Å²) in [5, 5.41) is 13.2. The summed E-state index contributed by atoms with van der Waals surface area (Å²) in [6.07, 6.45) is 4.02. The first-order valence-electron chi connectivity index (χ1n) is 8.89. The maximum Gasteiger partial charge on any atom is 0.326 e. The van der Waals surface area contributed by atoms with E-state index in [0.29, 0.717) is 19.3 Å². The van der Waals surface area contributed by atoms with E-state index in [1.54, 1.807) is 0 Å². The van der Waals surface area contributed by atoms with Crippen molar-refractivity contribution in [2.45, 2.75) is 44.7 Å². The number of nitrogens with zero attached hydrogens (tertiary/aromatic N) is 1. The normalized spacial score (nSPS) is 18.8. The second-order valence-corrected chi connectivity index (χ2v) is 6.65. The highest BCUT2D eigenvalue weighted by Gasteiger charge is 2.39. The number of amides is 2. The minimum absolute atomic E-state index is 0.204. The van der Waals surface area contributed by atoms with Crippen LogP contribution in [0, 0.1) is 0 Å². The molecule has 3 N–H and O–H groups in total. The second kappa shape index (κ2) is 7.59. The Labute approximate surface area is 151 Å². The molecule has 1 aliphatic rings. The molecule has 1 aromatic carbocycles. The van der Waals surface area contributed by atoms with Crippen LogP contribution in [0.25, 0.3) is 10.9 Å². The molecule has 7 nitrogen and oxygen atoms in total. The third-order valence-corrected chi connectivity index (χ3v) is 4.82. The molecular weight excluding hydrogens is 334 g/mol. The zero-order valence-electron chi connectivity index (χ0n) is 14.7. The highest BCUT2D eigenvalue weighted by Crippen LogP contribution is 2.21. The van der Waals surface area contributed by atoms with E-state index in [9.17, 15) is 19.5 Å². The van der Waals surface area contributed by atoms with Gasteiger partial charge >= 0.3 is 5.97 Å². The fourth-order valence-electron chi connectivity index (χ4n) is 3.47. The zero-order valence-corrected chi connectivity index (χ0v) is 14.7. The first-order chi connectivity index (χ1) is 12.5.